The van der Waals surface area contributed by atoms with E-state index in [0.717, 1.165) is 17.7 Å². The van der Waals surface area contributed by atoms with E-state index in [9.17, 15) is 9.59 Å². The molecule has 2 heterocycles. The molecule has 2 aromatic carbocycles. The van der Waals surface area contributed by atoms with Crippen LogP contribution in [0.15, 0.2) is 47.3 Å². The van der Waals surface area contributed by atoms with Gasteiger partial charge in [0.2, 0.25) is 0 Å². The molecule has 0 radical (unpaired) electrons. The lowest BCUT2D eigenvalue weighted by Crippen LogP contribution is -2.24. The van der Waals surface area contributed by atoms with Crippen LogP contribution in [0.2, 0.25) is 0 Å². The van der Waals surface area contributed by atoms with E-state index in [4.69, 9.17) is 5.73 Å². The van der Waals surface area contributed by atoms with Crippen molar-refractivity contribution in [3.63, 3.8) is 0 Å². The molecule has 29 heavy (non-hydrogen) atoms. The first kappa shape index (κ1) is 19.1. The van der Waals surface area contributed by atoms with E-state index in [2.05, 4.69) is 20.3 Å². The Morgan fingerprint density at radius 3 is 2.83 bits per heavy atom. The third kappa shape index (κ3) is 3.71. The van der Waals surface area contributed by atoms with E-state index in [1.54, 1.807) is 36.0 Å². The number of amides is 1. The minimum absolute atomic E-state index is 0.142. The number of rotatable bonds is 6. The zero-order valence-electron chi connectivity index (χ0n) is 15.9. The number of H-pyrrole nitrogens is 2. The van der Waals surface area contributed by atoms with Gasteiger partial charge in [-0.15, -0.1) is 0 Å². The average molecular weight is 407 g/mol. The predicted molar refractivity (Wildman–Crippen MR) is 119 cm³/mol. The van der Waals surface area contributed by atoms with Crippen molar-refractivity contribution in [2.24, 2.45) is 0 Å². The van der Waals surface area contributed by atoms with Gasteiger partial charge >= 0.3 is 0 Å². The van der Waals surface area contributed by atoms with Crippen LogP contribution < -0.4 is 16.6 Å². The second-order valence-electron chi connectivity index (χ2n) is 6.71. The zero-order chi connectivity index (χ0) is 20.4. The van der Waals surface area contributed by atoms with Gasteiger partial charge in [-0.05, 0) is 48.8 Å². The highest BCUT2D eigenvalue weighted by atomic mass is 32.2. The summed E-state index contributed by atoms with van der Waals surface area (Å²) in [5.41, 5.74) is 9.68. The van der Waals surface area contributed by atoms with Gasteiger partial charge in [0, 0.05) is 23.0 Å². The first-order valence-corrected chi connectivity index (χ1v) is 10.7. The van der Waals surface area contributed by atoms with Crippen molar-refractivity contribution >= 4 is 45.3 Å². The topological polar surface area (TPSA) is 117 Å². The van der Waals surface area contributed by atoms with Gasteiger partial charge in [0.1, 0.15) is 0 Å². The van der Waals surface area contributed by atoms with Gasteiger partial charge < -0.3 is 21.0 Å². The van der Waals surface area contributed by atoms with Crippen molar-refractivity contribution in [1.82, 2.24) is 20.3 Å². The largest absolute Gasteiger partial charge is 0.396 e. The predicted octanol–water partition coefficient (Wildman–Crippen LogP) is 3.14. The molecule has 4 rings (SSSR count). The highest BCUT2D eigenvalue weighted by Gasteiger charge is 2.17. The van der Waals surface area contributed by atoms with Gasteiger partial charge in [-0.1, -0.05) is 12.1 Å². The Kier molecular flexibility index (Phi) is 5.26. The van der Waals surface area contributed by atoms with E-state index in [-0.39, 0.29) is 17.2 Å². The molecule has 0 saturated carbocycles. The number of aromatic amines is 2. The Balaban J connectivity index is 1.71. The molecule has 0 aliphatic carbocycles. The van der Waals surface area contributed by atoms with Crippen molar-refractivity contribution in [2.45, 2.75) is 6.42 Å². The lowest BCUT2D eigenvalue weighted by Gasteiger charge is -2.05. The Hall–Kier alpha value is -3.26. The average Bonchev–Trinajstić information content (AvgIpc) is 3.06. The molecular formula is C21H21N5O2S. The molecule has 0 unspecified atom stereocenters. The number of benzene rings is 2. The number of nitrogens with zero attached hydrogens (tertiary/aromatic N) is 1. The highest BCUT2D eigenvalue weighted by molar-refractivity contribution is 7.98. The summed E-state index contributed by atoms with van der Waals surface area (Å²) in [6.45, 7) is 0.627. The van der Waals surface area contributed by atoms with E-state index in [1.165, 1.54) is 0 Å². The summed E-state index contributed by atoms with van der Waals surface area (Å²) in [6, 6.07) is 12.6. The summed E-state index contributed by atoms with van der Waals surface area (Å²) in [5.74, 6) is 0.859. The molecule has 0 bridgehead atoms. The second kappa shape index (κ2) is 8.00. The van der Waals surface area contributed by atoms with E-state index in [1.807, 2.05) is 24.5 Å². The molecule has 2 aromatic heterocycles. The van der Waals surface area contributed by atoms with Crippen molar-refractivity contribution in [3.8, 4) is 11.4 Å². The number of nitrogens with one attached hydrogen (secondary N) is 3. The summed E-state index contributed by atoms with van der Waals surface area (Å²) in [6.07, 6.45) is 2.96. The van der Waals surface area contributed by atoms with Crippen molar-refractivity contribution in [2.75, 3.05) is 24.3 Å². The number of carbonyl (C=O) groups is 1. The summed E-state index contributed by atoms with van der Waals surface area (Å²) in [7, 11) is 0. The standard InChI is InChI=1S/C21H21N5O2S/c1-29-10-4-9-23-20(27)12-7-8-14-13(11-12)17(22)18(24-14)19-21(28)26-16-6-3-2-5-15(16)25-19/h2-3,5-8,11,24H,4,9-10,22H2,1H3,(H,23,27)(H,26,28). The number of anilines is 1. The SMILES string of the molecule is CSCCCNC(=O)c1ccc2[nH]c(-c3nc4ccccc4[nH]c3=O)c(N)c2c1. The van der Waals surface area contributed by atoms with Crippen molar-refractivity contribution < 1.29 is 4.79 Å². The van der Waals surface area contributed by atoms with Crippen molar-refractivity contribution in [1.29, 1.82) is 0 Å². The third-order valence-corrected chi connectivity index (χ3v) is 5.45. The summed E-state index contributed by atoms with van der Waals surface area (Å²) in [4.78, 5) is 35.4. The van der Waals surface area contributed by atoms with Gasteiger partial charge in [0.25, 0.3) is 11.5 Å². The number of nitrogen functional groups attached to an aromatic ring is 1. The minimum atomic E-state index is -0.325. The van der Waals surface area contributed by atoms with Gasteiger partial charge in [-0.2, -0.15) is 11.8 Å². The number of hydrogen-bond acceptors (Lipinski definition) is 5. The van der Waals surface area contributed by atoms with Crippen LogP contribution in [-0.2, 0) is 0 Å². The van der Waals surface area contributed by atoms with Crippen LogP contribution in [0.3, 0.4) is 0 Å². The van der Waals surface area contributed by atoms with Crippen LogP contribution in [0.4, 0.5) is 5.69 Å². The summed E-state index contributed by atoms with van der Waals surface area (Å²) >= 11 is 1.75. The minimum Gasteiger partial charge on any atom is -0.396 e. The van der Waals surface area contributed by atoms with Crippen LogP contribution in [-0.4, -0.2) is 39.4 Å². The Morgan fingerprint density at radius 1 is 1.17 bits per heavy atom. The van der Waals surface area contributed by atoms with Crippen LogP contribution >= 0.6 is 11.8 Å². The van der Waals surface area contributed by atoms with Crippen molar-refractivity contribution in [3.05, 3.63) is 58.4 Å². The first-order chi connectivity index (χ1) is 14.1. The van der Waals surface area contributed by atoms with Gasteiger partial charge in [0.05, 0.1) is 22.4 Å². The monoisotopic (exact) mass is 407 g/mol. The van der Waals surface area contributed by atoms with E-state index < -0.39 is 0 Å². The third-order valence-electron chi connectivity index (χ3n) is 4.75. The normalized spacial score (nSPS) is 11.2. The molecule has 7 nitrogen and oxygen atoms in total. The fraction of sp³-hybridized carbons (Fsp3) is 0.190. The Morgan fingerprint density at radius 2 is 2.00 bits per heavy atom. The van der Waals surface area contributed by atoms with Gasteiger partial charge in [-0.3, -0.25) is 9.59 Å². The zero-order valence-corrected chi connectivity index (χ0v) is 16.7. The second-order valence-corrected chi connectivity index (χ2v) is 7.69. The van der Waals surface area contributed by atoms with Gasteiger partial charge in [0.15, 0.2) is 5.69 Å². The maximum absolute atomic E-state index is 12.5. The molecule has 0 saturated heterocycles. The molecule has 5 N–H and O–H groups in total. The number of para-hydroxylation sites is 2. The lowest BCUT2D eigenvalue weighted by molar-refractivity contribution is 0.0954. The molecular weight excluding hydrogens is 386 g/mol. The van der Waals surface area contributed by atoms with E-state index in [0.29, 0.717) is 39.9 Å². The first-order valence-electron chi connectivity index (χ1n) is 9.26. The maximum Gasteiger partial charge on any atom is 0.276 e. The quantitative estimate of drug-likeness (QED) is 0.366. The smallest absolute Gasteiger partial charge is 0.276 e. The summed E-state index contributed by atoms with van der Waals surface area (Å²) < 4.78 is 0. The Bertz CT molecular complexity index is 1260. The number of carbonyl (C=O) groups excluding carboxylic acids is 1. The fourth-order valence-corrected chi connectivity index (χ4v) is 3.69. The van der Waals surface area contributed by atoms with Crippen LogP contribution in [0, 0.1) is 0 Å². The number of thioether (sulfide) groups is 1. The molecule has 0 spiro atoms. The molecule has 148 valence electrons. The molecule has 0 fully saturated rings. The van der Waals surface area contributed by atoms with Crippen LogP contribution in [0.5, 0.6) is 0 Å². The molecule has 4 aromatic rings. The maximum atomic E-state index is 12.5. The number of fused-ring (bicyclic) bond motifs is 2. The van der Waals surface area contributed by atoms with Gasteiger partial charge in [-0.25, -0.2) is 4.98 Å². The number of aromatic nitrogens is 3. The summed E-state index contributed by atoms with van der Waals surface area (Å²) in [5, 5.41) is 3.60. The molecule has 1 amide bonds. The van der Waals surface area contributed by atoms with Crippen LogP contribution in [0.1, 0.15) is 16.8 Å². The van der Waals surface area contributed by atoms with E-state index >= 15 is 0 Å². The highest BCUT2D eigenvalue weighted by Crippen LogP contribution is 2.31. The Labute approximate surface area is 171 Å². The number of nitrogens with two attached hydrogens (primary N) is 1. The molecule has 0 atom stereocenters. The lowest BCUT2D eigenvalue weighted by atomic mass is 10.1. The van der Waals surface area contributed by atoms with Crippen LogP contribution in [0.25, 0.3) is 33.3 Å². The molecule has 0 aliphatic heterocycles. The fourth-order valence-electron chi connectivity index (χ4n) is 3.26. The molecule has 0 aliphatic rings. The molecule has 8 heteroatoms. The number of hydrogen-bond donors (Lipinski definition) is 4.